The second-order valence-corrected chi connectivity index (χ2v) is 8.12. The third-order valence-corrected chi connectivity index (χ3v) is 5.75. The fourth-order valence-corrected chi connectivity index (χ4v) is 4.02. The predicted molar refractivity (Wildman–Crippen MR) is 135 cm³/mol. The first kappa shape index (κ1) is 22.7. The van der Waals surface area contributed by atoms with Crippen molar-refractivity contribution < 1.29 is 14.0 Å². The Morgan fingerprint density at radius 2 is 1.83 bits per heavy atom. The molecule has 0 aliphatic carbocycles. The molecule has 2 aromatic heterocycles. The van der Waals surface area contributed by atoms with Crippen LogP contribution in [0.2, 0.25) is 0 Å². The van der Waals surface area contributed by atoms with Gasteiger partial charge in [0.1, 0.15) is 5.82 Å². The smallest absolute Gasteiger partial charge is 0.269 e. The van der Waals surface area contributed by atoms with Gasteiger partial charge in [-0.15, -0.1) is 0 Å². The van der Waals surface area contributed by atoms with Crippen molar-refractivity contribution in [2.24, 2.45) is 5.73 Å². The Bertz CT molecular complexity index is 1660. The number of aromatic nitrogens is 4. The SMILES string of the molecule is Cc1ccc2[nH]ncc2c1-c1nc(-c2ccccc2NC(=O)c2cccc(F)c2)nc(C(N)=O)c1N. The quantitative estimate of drug-likeness (QED) is 0.297. The number of benzene rings is 3. The van der Waals surface area contributed by atoms with Gasteiger partial charge in [-0.25, -0.2) is 14.4 Å². The van der Waals surface area contributed by atoms with Crippen molar-refractivity contribution in [1.82, 2.24) is 20.2 Å². The van der Waals surface area contributed by atoms with Crippen molar-refractivity contribution in [2.75, 3.05) is 11.1 Å². The van der Waals surface area contributed by atoms with Crippen LogP contribution in [0.3, 0.4) is 0 Å². The number of amides is 2. The van der Waals surface area contributed by atoms with Crippen molar-refractivity contribution in [1.29, 1.82) is 0 Å². The highest BCUT2D eigenvalue weighted by molar-refractivity contribution is 6.07. The molecule has 0 bridgehead atoms. The maximum absolute atomic E-state index is 13.6. The molecule has 10 heteroatoms. The molecule has 9 nitrogen and oxygen atoms in total. The summed E-state index contributed by atoms with van der Waals surface area (Å²) >= 11 is 0. The van der Waals surface area contributed by atoms with E-state index in [2.05, 4.69) is 20.5 Å². The van der Waals surface area contributed by atoms with Crippen LogP contribution >= 0.6 is 0 Å². The Hall–Kier alpha value is -5.12. The van der Waals surface area contributed by atoms with Crippen LogP contribution in [0.15, 0.2) is 66.9 Å². The highest BCUT2D eigenvalue weighted by atomic mass is 19.1. The summed E-state index contributed by atoms with van der Waals surface area (Å²) in [6.07, 6.45) is 1.65. The summed E-state index contributed by atoms with van der Waals surface area (Å²) in [6, 6.07) is 15.9. The van der Waals surface area contributed by atoms with Crippen LogP contribution in [0.25, 0.3) is 33.5 Å². The van der Waals surface area contributed by atoms with E-state index in [9.17, 15) is 14.0 Å². The van der Waals surface area contributed by atoms with Crippen LogP contribution in [0.5, 0.6) is 0 Å². The molecule has 5 rings (SSSR count). The zero-order valence-corrected chi connectivity index (χ0v) is 19.0. The number of rotatable bonds is 5. The number of anilines is 2. The average Bonchev–Trinajstić information content (AvgIpc) is 3.33. The molecule has 0 aliphatic rings. The summed E-state index contributed by atoms with van der Waals surface area (Å²) in [5.74, 6) is -1.75. The van der Waals surface area contributed by atoms with Crippen LogP contribution in [0.1, 0.15) is 26.4 Å². The average molecular weight is 481 g/mol. The lowest BCUT2D eigenvalue weighted by Gasteiger charge is -2.15. The fourth-order valence-electron chi connectivity index (χ4n) is 4.02. The molecular formula is C26H20FN7O2. The topological polar surface area (TPSA) is 153 Å². The number of hydrogen-bond donors (Lipinski definition) is 4. The number of nitrogen functional groups attached to an aromatic ring is 1. The van der Waals surface area contributed by atoms with Crippen LogP contribution in [0, 0.1) is 12.7 Å². The summed E-state index contributed by atoms with van der Waals surface area (Å²) in [5.41, 5.74) is 15.3. The fraction of sp³-hybridized carbons (Fsp3) is 0.0385. The van der Waals surface area contributed by atoms with Crippen molar-refractivity contribution in [3.05, 3.63) is 89.5 Å². The highest BCUT2D eigenvalue weighted by Crippen LogP contribution is 2.36. The Kier molecular flexibility index (Phi) is 5.61. The van der Waals surface area contributed by atoms with E-state index in [0.29, 0.717) is 22.5 Å². The summed E-state index contributed by atoms with van der Waals surface area (Å²) in [6.45, 7) is 1.89. The van der Waals surface area contributed by atoms with Gasteiger partial charge in [-0.2, -0.15) is 5.10 Å². The first-order valence-corrected chi connectivity index (χ1v) is 10.9. The minimum Gasteiger partial charge on any atom is -0.395 e. The number of carbonyl (C=O) groups is 2. The molecular weight excluding hydrogens is 461 g/mol. The van der Waals surface area contributed by atoms with E-state index in [-0.39, 0.29) is 22.8 Å². The minimum absolute atomic E-state index is 0.0318. The second-order valence-electron chi connectivity index (χ2n) is 8.12. The zero-order valence-electron chi connectivity index (χ0n) is 19.0. The third-order valence-electron chi connectivity index (χ3n) is 5.75. The first-order chi connectivity index (χ1) is 17.3. The van der Waals surface area contributed by atoms with Gasteiger partial charge in [0, 0.05) is 22.1 Å². The van der Waals surface area contributed by atoms with Gasteiger partial charge in [0.2, 0.25) is 0 Å². The number of hydrogen-bond acceptors (Lipinski definition) is 6. The molecule has 5 aromatic rings. The number of nitrogens with one attached hydrogen (secondary N) is 2. The molecule has 0 radical (unpaired) electrons. The lowest BCUT2D eigenvalue weighted by Crippen LogP contribution is -2.18. The van der Waals surface area contributed by atoms with Crippen LogP contribution in [-0.2, 0) is 0 Å². The van der Waals surface area contributed by atoms with Gasteiger partial charge in [-0.3, -0.25) is 14.7 Å². The molecule has 3 aromatic carbocycles. The van der Waals surface area contributed by atoms with Gasteiger partial charge < -0.3 is 16.8 Å². The van der Waals surface area contributed by atoms with E-state index in [1.54, 1.807) is 30.5 Å². The lowest BCUT2D eigenvalue weighted by atomic mass is 9.99. The number of H-pyrrole nitrogens is 1. The number of halogens is 1. The number of fused-ring (bicyclic) bond motifs is 1. The van der Waals surface area contributed by atoms with Gasteiger partial charge in [-0.1, -0.05) is 24.3 Å². The predicted octanol–water partition coefficient (Wildman–Crippen LogP) is 4.07. The monoisotopic (exact) mass is 481 g/mol. The molecule has 0 atom stereocenters. The van der Waals surface area contributed by atoms with Crippen molar-refractivity contribution in [3.63, 3.8) is 0 Å². The van der Waals surface area contributed by atoms with E-state index in [4.69, 9.17) is 16.5 Å². The number of para-hydroxylation sites is 1. The van der Waals surface area contributed by atoms with E-state index in [1.165, 1.54) is 18.2 Å². The van der Waals surface area contributed by atoms with Gasteiger partial charge in [0.05, 0.1) is 28.8 Å². The second kappa shape index (κ2) is 8.91. The molecule has 0 aliphatic heterocycles. The zero-order chi connectivity index (χ0) is 25.4. The number of nitrogens with zero attached hydrogens (tertiary/aromatic N) is 3. The molecule has 0 fully saturated rings. The standard InChI is InChI=1S/C26H20FN7O2/c1-13-9-10-19-17(12-30-34-19)20(13)22-21(28)23(24(29)35)33-25(32-22)16-7-2-3-8-18(16)31-26(36)14-5-4-6-15(27)11-14/h2-12H,28H2,1H3,(H2,29,35)(H,30,34)(H,31,36). The van der Waals surface area contributed by atoms with Crippen LogP contribution < -0.4 is 16.8 Å². The van der Waals surface area contributed by atoms with E-state index < -0.39 is 17.6 Å². The molecule has 0 saturated carbocycles. The minimum atomic E-state index is -0.823. The molecule has 6 N–H and O–H groups in total. The molecule has 2 amide bonds. The van der Waals surface area contributed by atoms with Crippen molar-refractivity contribution in [3.8, 4) is 22.6 Å². The summed E-state index contributed by atoms with van der Waals surface area (Å²) in [7, 11) is 0. The van der Waals surface area contributed by atoms with Gasteiger partial charge >= 0.3 is 0 Å². The number of primary amides is 1. The lowest BCUT2D eigenvalue weighted by molar-refractivity contribution is 0.0994. The van der Waals surface area contributed by atoms with E-state index in [0.717, 1.165) is 22.5 Å². The van der Waals surface area contributed by atoms with E-state index >= 15 is 0 Å². The number of aromatic amines is 1. The normalized spacial score (nSPS) is 10.9. The summed E-state index contributed by atoms with van der Waals surface area (Å²) in [4.78, 5) is 34.1. The Morgan fingerprint density at radius 1 is 1.03 bits per heavy atom. The first-order valence-electron chi connectivity index (χ1n) is 10.9. The Labute approximate surface area is 204 Å². The maximum atomic E-state index is 13.6. The Morgan fingerprint density at radius 3 is 2.61 bits per heavy atom. The van der Waals surface area contributed by atoms with E-state index in [1.807, 2.05) is 19.1 Å². The Balaban J connectivity index is 1.68. The van der Waals surface area contributed by atoms with Crippen LogP contribution in [-0.4, -0.2) is 32.0 Å². The summed E-state index contributed by atoms with van der Waals surface area (Å²) < 4.78 is 13.6. The number of carbonyl (C=O) groups excluding carboxylic acids is 2. The maximum Gasteiger partial charge on any atom is 0.269 e. The van der Waals surface area contributed by atoms with Crippen LogP contribution in [0.4, 0.5) is 15.8 Å². The molecule has 0 saturated heterocycles. The van der Waals surface area contributed by atoms with Gasteiger partial charge in [-0.05, 0) is 48.9 Å². The molecule has 36 heavy (non-hydrogen) atoms. The largest absolute Gasteiger partial charge is 0.395 e. The van der Waals surface area contributed by atoms with Gasteiger partial charge in [0.25, 0.3) is 11.8 Å². The third kappa shape index (κ3) is 4.00. The van der Waals surface area contributed by atoms with Crippen molar-refractivity contribution in [2.45, 2.75) is 6.92 Å². The molecule has 178 valence electrons. The number of nitrogens with two attached hydrogens (primary N) is 2. The van der Waals surface area contributed by atoms with Gasteiger partial charge in [0.15, 0.2) is 11.5 Å². The van der Waals surface area contributed by atoms with Crippen molar-refractivity contribution >= 4 is 34.1 Å². The molecule has 0 unspecified atom stereocenters. The molecule has 2 heterocycles. The number of aryl methyl sites for hydroxylation is 1. The highest BCUT2D eigenvalue weighted by Gasteiger charge is 2.22. The summed E-state index contributed by atoms with van der Waals surface area (Å²) in [5, 5.41) is 10.5. The molecule has 0 spiro atoms.